The van der Waals surface area contributed by atoms with Gasteiger partial charge in [-0.2, -0.15) is 0 Å². The van der Waals surface area contributed by atoms with Crippen LogP contribution in [0.5, 0.6) is 0 Å². The van der Waals surface area contributed by atoms with E-state index in [1.807, 2.05) is 30.0 Å². The fourth-order valence-electron chi connectivity index (χ4n) is 2.34. The molecule has 1 atom stereocenters. The van der Waals surface area contributed by atoms with E-state index < -0.39 is 12.0 Å². The number of rotatable bonds is 3. The Bertz CT molecular complexity index is 427. The van der Waals surface area contributed by atoms with Crippen molar-refractivity contribution >= 4 is 21.9 Å². The number of carboxylic acid groups (broad SMARTS) is 1. The first-order chi connectivity index (χ1) is 8.09. The molecular weight excluding hydrogens is 282 g/mol. The summed E-state index contributed by atoms with van der Waals surface area (Å²) in [6.07, 6.45) is 2.18. The zero-order valence-electron chi connectivity index (χ0n) is 9.82. The Balaban J connectivity index is 2.35. The maximum atomic E-state index is 11.5. The maximum absolute atomic E-state index is 11.5. The topological polar surface area (TPSA) is 40.5 Å². The summed E-state index contributed by atoms with van der Waals surface area (Å²) in [7, 11) is 0. The monoisotopic (exact) mass is 297 g/mol. The summed E-state index contributed by atoms with van der Waals surface area (Å²) in [5.74, 6) is -0.767. The van der Waals surface area contributed by atoms with Crippen molar-refractivity contribution in [2.75, 3.05) is 13.1 Å². The van der Waals surface area contributed by atoms with E-state index in [-0.39, 0.29) is 0 Å². The molecule has 1 aliphatic heterocycles. The van der Waals surface area contributed by atoms with Crippen LogP contribution in [-0.2, 0) is 4.79 Å². The van der Waals surface area contributed by atoms with Crippen LogP contribution in [-0.4, -0.2) is 29.1 Å². The first-order valence-electron chi connectivity index (χ1n) is 5.82. The first kappa shape index (κ1) is 12.6. The smallest absolute Gasteiger partial charge is 0.325 e. The summed E-state index contributed by atoms with van der Waals surface area (Å²) in [6.45, 7) is 3.74. The standard InChI is InChI=1S/C13H16BrNO2/c1-9-4-5-10(11(14)8-9)12(13(16)17)15-6-2-3-7-15/h4-5,8,12H,2-3,6-7H2,1H3,(H,16,17). The highest BCUT2D eigenvalue weighted by Crippen LogP contribution is 2.31. The molecule has 1 unspecified atom stereocenters. The van der Waals surface area contributed by atoms with Gasteiger partial charge in [-0.3, -0.25) is 9.69 Å². The predicted octanol–water partition coefficient (Wildman–Crippen LogP) is 2.98. The van der Waals surface area contributed by atoms with Gasteiger partial charge in [0.2, 0.25) is 0 Å². The van der Waals surface area contributed by atoms with Crippen molar-refractivity contribution in [3.8, 4) is 0 Å². The van der Waals surface area contributed by atoms with Crippen molar-refractivity contribution in [1.29, 1.82) is 0 Å². The molecule has 1 N–H and O–H groups in total. The van der Waals surface area contributed by atoms with Gasteiger partial charge in [-0.25, -0.2) is 0 Å². The van der Waals surface area contributed by atoms with Gasteiger partial charge < -0.3 is 5.11 Å². The molecule has 0 spiro atoms. The second-order valence-corrected chi connectivity index (χ2v) is 5.36. The van der Waals surface area contributed by atoms with Crippen molar-refractivity contribution in [2.24, 2.45) is 0 Å². The van der Waals surface area contributed by atoms with Crippen LogP contribution in [0, 0.1) is 6.92 Å². The van der Waals surface area contributed by atoms with Crippen LogP contribution < -0.4 is 0 Å². The van der Waals surface area contributed by atoms with E-state index in [2.05, 4.69) is 15.9 Å². The number of aryl methyl sites for hydroxylation is 1. The number of benzene rings is 1. The Morgan fingerprint density at radius 3 is 2.59 bits per heavy atom. The van der Waals surface area contributed by atoms with Gasteiger partial charge in [0.25, 0.3) is 0 Å². The van der Waals surface area contributed by atoms with Gasteiger partial charge in [0, 0.05) is 4.47 Å². The van der Waals surface area contributed by atoms with Crippen LogP contribution in [0.2, 0.25) is 0 Å². The molecule has 1 saturated heterocycles. The molecule has 0 radical (unpaired) electrons. The van der Waals surface area contributed by atoms with Crippen LogP contribution in [0.4, 0.5) is 0 Å². The Kier molecular flexibility index (Phi) is 3.84. The fourth-order valence-corrected chi connectivity index (χ4v) is 3.05. The molecule has 3 nitrogen and oxygen atoms in total. The van der Waals surface area contributed by atoms with Crippen LogP contribution in [0.15, 0.2) is 22.7 Å². The Hall–Kier alpha value is -0.870. The number of carbonyl (C=O) groups is 1. The van der Waals surface area contributed by atoms with E-state index in [9.17, 15) is 9.90 Å². The maximum Gasteiger partial charge on any atom is 0.325 e. The minimum atomic E-state index is -0.767. The molecule has 0 amide bonds. The average Bonchev–Trinajstić information content (AvgIpc) is 2.74. The molecule has 1 aliphatic rings. The number of hydrogen-bond donors (Lipinski definition) is 1. The van der Waals surface area contributed by atoms with Crippen molar-refractivity contribution < 1.29 is 9.90 Å². The highest BCUT2D eigenvalue weighted by molar-refractivity contribution is 9.10. The second kappa shape index (κ2) is 5.19. The van der Waals surface area contributed by atoms with E-state index in [1.165, 1.54) is 0 Å². The highest BCUT2D eigenvalue weighted by Gasteiger charge is 2.30. The molecule has 2 rings (SSSR count). The molecule has 92 valence electrons. The Labute approximate surface area is 110 Å². The van der Waals surface area contributed by atoms with Gasteiger partial charge in [-0.15, -0.1) is 0 Å². The van der Waals surface area contributed by atoms with Crippen molar-refractivity contribution in [3.05, 3.63) is 33.8 Å². The minimum absolute atomic E-state index is 0.521. The molecule has 0 bridgehead atoms. The molecule has 17 heavy (non-hydrogen) atoms. The van der Waals surface area contributed by atoms with Crippen LogP contribution >= 0.6 is 15.9 Å². The summed E-state index contributed by atoms with van der Waals surface area (Å²) < 4.78 is 0.886. The Morgan fingerprint density at radius 2 is 2.06 bits per heavy atom. The van der Waals surface area contributed by atoms with Crippen molar-refractivity contribution in [2.45, 2.75) is 25.8 Å². The van der Waals surface area contributed by atoms with Crippen molar-refractivity contribution in [1.82, 2.24) is 4.90 Å². The molecule has 0 aliphatic carbocycles. The summed E-state index contributed by atoms with van der Waals surface area (Å²) in [5, 5.41) is 9.42. The largest absolute Gasteiger partial charge is 0.480 e. The number of aliphatic carboxylic acids is 1. The first-order valence-corrected chi connectivity index (χ1v) is 6.62. The summed E-state index contributed by atoms with van der Waals surface area (Å²) in [4.78, 5) is 13.5. The Morgan fingerprint density at radius 1 is 1.41 bits per heavy atom. The molecule has 1 aromatic carbocycles. The van der Waals surface area contributed by atoms with E-state index >= 15 is 0 Å². The number of nitrogens with zero attached hydrogens (tertiary/aromatic N) is 1. The zero-order chi connectivity index (χ0) is 12.4. The van der Waals surface area contributed by atoms with Gasteiger partial charge in [0.1, 0.15) is 6.04 Å². The van der Waals surface area contributed by atoms with E-state index in [4.69, 9.17) is 0 Å². The van der Waals surface area contributed by atoms with Gasteiger partial charge >= 0.3 is 5.97 Å². The zero-order valence-corrected chi connectivity index (χ0v) is 11.4. The van der Waals surface area contributed by atoms with E-state index in [1.54, 1.807) is 0 Å². The summed E-state index contributed by atoms with van der Waals surface area (Å²) in [5.41, 5.74) is 1.98. The number of halogens is 1. The second-order valence-electron chi connectivity index (χ2n) is 4.51. The lowest BCUT2D eigenvalue weighted by atomic mass is 10.0. The lowest BCUT2D eigenvalue weighted by Gasteiger charge is -2.25. The molecule has 1 fully saturated rings. The van der Waals surface area contributed by atoms with E-state index in [0.29, 0.717) is 0 Å². The average molecular weight is 298 g/mol. The van der Waals surface area contributed by atoms with Crippen LogP contribution in [0.25, 0.3) is 0 Å². The molecular formula is C13H16BrNO2. The van der Waals surface area contributed by atoms with E-state index in [0.717, 1.165) is 41.5 Å². The van der Waals surface area contributed by atoms with Crippen LogP contribution in [0.1, 0.15) is 30.0 Å². The number of likely N-dealkylation sites (tertiary alicyclic amines) is 1. The summed E-state index contributed by atoms with van der Waals surface area (Å²) >= 11 is 3.47. The van der Waals surface area contributed by atoms with Gasteiger partial charge in [-0.05, 0) is 50.0 Å². The van der Waals surface area contributed by atoms with Gasteiger partial charge in [-0.1, -0.05) is 28.1 Å². The summed E-state index contributed by atoms with van der Waals surface area (Å²) in [6, 6.07) is 5.33. The predicted molar refractivity (Wildman–Crippen MR) is 70.1 cm³/mol. The SMILES string of the molecule is Cc1ccc(C(C(=O)O)N2CCCC2)c(Br)c1. The lowest BCUT2D eigenvalue weighted by molar-refractivity contribution is -0.143. The van der Waals surface area contributed by atoms with Gasteiger partial charge in [0.05, 0.1) is 0 Å². The fraction of sp³-hybridized carbons (Fsp3) is 0.462. The van der Waals surface area contributed by atoms with Crippen molar-refractivity contribution in [3.63, 3.8) is 0 Å². The lowest BCUT2D eigenvalue weighted by Crippen LogP contribution is -2.31. The normalized spacial score (nSPS) is 18.2. The third-order valence-corrected chi connectivity index (χ3v) is 3.88. The minimum Gasteiger partial charge on any atom is -0.480 e. The van der Waals surface area contributed by atoms with Crippen LogP contribution in [0.3, 0.4) is 0 Å². The highest BCUT2D eigenvalue weighted by atomic mass is 79.9. The van der Waals surface area contributed by atoms with Gasteiger partial charge in [0.15, 0.2) is 0 Å². The molecule has 1 heterocycles. The molecule has 0 saturated carbocycles. The number of hydrogen-bond acceptors (Lipinski definition) is 2. The third kappa shape index (κ3) is 2.69. The molecule has 4 heteroatoms. The molecule has 1 aromatic rings. The third-order valence-electron chi connectivity index (χ3n) is 3.19. The quantitative estimate of drug-likeness (QED) is 0.932. The molecule has 0 aromatic heterocycles. The number of carboxylic acids is 1.